The number of likely N-dealkylation sites (tertiary alicyclic amines) is 2. The molecule has 1 aromatic rings. The van der Waals surface area contributed by atoms with E-state index < -0.39 is 23.8 Å². The maximum atomic E-state index is 12.8. The summed E-state index contributed by atoms with van der Waals surface area (Å²) in [5, 5.41) is 9.49. The normalized spacial score (nSPS) is 24.1. The largest absolute Gasteiger partial charge is 0.480 e. The molecule has 2 heterocycles. The molecule has 2 aliphatic rings. The third-order valence-electron chi connectivity index (χ3n) is 5.28. The Balaban J connectivity index is 1.67. The number of nitrogens with two attached hydrogens (primary N) is 1. The van der Waals surface area contributed by atoms with Gasteiger partial charge in [0.25, 0.3) is 0 Å². The van der Waals surface area contributed by atoms with Crippen molar-refractivity contribution in [1.82, 2.24) is 9.80 Å². The smallest absolute Gasteiger partial charge is 0.326 e. The number of aliphatic carboxylic acids is 1. The molecule has 3 atom stereocenters. The molecule has 0 spiro atoms. The summed E-state index contributed by atoms with van der Waals surface area (Å²) in [5.74, 6) is -2.65. The first-order valence-electron chi connectivity index (χ1n) is 9.09. The highest BCUT2D eigenvalue weighted by atomic mass is 16.4. The summed E-state index contributed by atoms with van der Waals surface area (Å²) < 4.78 is 0. The lowest BCUT2D eigenvalue weighted by Crippen LogP contribution is -2.47. The zero-order chi connectivity index (χ0) is 18.7. The second kappa shape index (κ2) is 7.97. The van der Waals surface area contributed by atoms with Gasteiger partial charge in [-0.25, -0.2) is 4.79 Å². The molecule has 2 aliphatic heterocycles. The second-order valence-electron chi connectivity index (χ2n) is 7.08. The van der Waals surface area contributed by atoms with Gasteiger partial charge >= 0.3 is 5.97 Å². The number of imide groups is 1. The van der Waals surface area contributed by atoms with E-state index in [1.165, 1.54) is 0 Å². The van der Waals surface area contributed by atoms with Crippen LogP contribution in [0.15, 0.2) is 30.3 Å². The molecule has 7 heteroatoms. The predicted octanol–water partition coefficient (Wildman–Crippen LogP) is 0.686. The van der Waals surface area contributed by atoms with E-state index in [-0.39, 0.29) is 18.2 Å². The third kappa shape index (κ3) is 3.64. The molecule has 140 valence electrons. The van der Waals surface area contributed by atoms with Gasteiger partial charge in [-0.3, -0.25) is 19.4 Å². The number of fused-ring (bicyclic) bond motifs is 1. The van der Waals surface area contributed by atoms with Crippen LogP contribution in [0.25, 0.3) is 0 Å². The van der Waals surface area contributed by atoms with Gasteiger partial charge in [0.05, 0.1) is 11.8 Å². The summed E-state index contributed by atoms with van der Waals surface area (Å²) in [6.07, 6.45) is 1.52. The van der Waals surface area contributed by atoms with Crippen molar-refractivity contribution in [2.24, 2.45) is 17.6 Å². The van der Waals surface area contributed by atoms with Crippen molar-refractivity contribution in [3.05, 3.63) is 35.9 Å². The number of carbonyl (C=O) groups excluding carboxylic acids is 2. The van der Waals surface area contributed by atoms with Crippen molar-refractivity contribution in [3.63, 3.8) is 0 Å². The van der Waals surface area contributed by atoms with Crippen LogP contribution in [0.4, 0.5) is 0 Å². The van der Waals surface area contributed by atoms with E-state index in [1.54, 1.807) is 0 Å². The highest BCUT2D eigenvalue weighted by Crippen LogP contribution is 2.36. The maximum Gasteiger partial charge on any atom is 0.326 e. The van der Waals surface area contributed by atoms with Crippen LogP contribution in [0.3, 0.4) is 0 Å². The molecule has 1 aromatic carbocycles. The zero-order valence-electron chi connectivity index (χ0n) is 14.7. The Kier molecular flexibility index (Phi) is 5.68. The molecule has 3 N–H and O–H groups in total. The van der Waals surface area contributed by atoms with Crippen LogP contribution in [-0.2, 0) is 20.9 Å². The number of unbranched alkanes of at least 4 members (excludes halogenated alkanes) is 1. The molecular weight excluding hydrogens is 334 g/mol. The summed E-state index contributed by atoms with van der Waals surface area (Å²) in [7, 11) is 0. The number of rotatable bonds is 8. The number of amides is 2. The molecule has 2 amide bonds. The van der Waals surface area contributed by atoms with Crippen molar-refractivity contribution in [1.29, 1.82) is 0 Å². The van der Waals surface area contributed by atoms with Crippen LogP contribution in [0.5, 0.6) is 0 Å². The molecule has 2 unspecified atom stereocenters. The van der Waals surface area contributed by atoms with Crippen LogP contribution in [0.1, 0.15) is 24.8 Å². The lowest BCUT2D eigenvalue weighted by atomic mass is 10.00. The second-order valence-corrected chi connectivity index (χ2v) is 7.08. The van der Waals surface area contributed by atoms with E-state index in [0.29, 0.717) is 39.0 Å². The average Bonchev–Trinajstić information content (AvgIpc) is 3.13. The lowest BCUT2D eigenvalue weighted by molar-refractivity contribution is -0.155. The summed E-state index contributed by atoms with van der Waals surface area (Å²) in [6, 6.07) is 8.83. The van der Waals surface area contributed by atoms with E-state index in [0.717, 1.165) is 10.5 Å². The van der Waals surface area contributed by atoms with Gasteiger partial charge in [0.2, 0.25) is 11.8 Å². The highest BCUT2D eigenvalue weighted by Gasteiger charge is 2.55. The average molecular weight is 359 g/mol. The number of carbonyl (C=O) groups is 3. The molecule has 0 radical (unpaired) electrons. The van der Waals surface area contributed by atoms with Crippen molar-refractivity contribution >= 4 is 17.8 Å². The first-order chi connectivity index (χ1) is 12.5. The van der Waals surface area contributed by atoms with Crippen molar-refractivity contribution in [2.75, 3.05) is 19.6 Å². The van der Waals surface area contributed by atoms with Gasteiger partial charge in [-0.1, -0.05) is 30.3 Å². The lowest BCUT2D eigenvalue weighted by Gasteiger charge is -2.25. The van der Waals surface area contributed by atoms with Crippen LogP contribution in [0, 0.1) is 11.8 Å². The quantitative estimate of drug-likeness (QED) is 0.523. The molecule has 2 fully saturated rings. The summed E-state index contributed by atoms with van der Waals surface area (Å²) in [4.78, 5) is 40.2. The predicted molar refractivity (Wildman–Crippen MR) is 94.9 cm³/mol. The monoisotopic (exact) mass is 359 g/mol. The first-order valence-corrected chi connectivity index (χ1v) is 9.09. The van der Waals surface area contributed by atoms with Gasteiger partial charge in [0.1, 0.15) is 6.04 Å². The Labute approximate surface area is 152 Å². The van der Waals surface area contributed by atoms with E-state index in [4.69, 9.17) is 5.73 Å². The van der Waals surface area contributed by atoms with Crippen molar-refractivity contribution in [2.45, 2.75) is 31.8 Å². The molecule has 2 saturated heterocycles. The minimum absolute atomic E-state index is 0.261. The SMILES string of the molecule is NCCCC[C@@H](C(=O)O)N1C(=O)C2CN(Cc3ccccc3)CC2C1=O. The Morgan fingerprint density at radius 2 is 1.73 bits per heavy atom. The van der Waals surface area contributed by atoms with Crippen LogP contribution < -0.4 is 5.73 Å². The van der Waals surface area contributed by atoms with Crippen LogP contribution in [0.2, 0.25) is 0 Å². The molecule has 0 saturated carbocycles. The number of benzene rings is 1. The van der Waals surface area contributed by atoms with Gasteiger partial charge in [0, 0.05) is 19.6 Å². The number of carboxylic acids is 1. The molecule has 0 bridgehead atoms. The van der Waals surface area contributed by atoms with Gasteiger partial charge in [-0.15, -0.1) is 0 Å². The third-order valence-corrected chi connectivity index (χ3v) is 5.28. The Bertz CT molecular complexity index is 655. The fraction of sp³-hybridized carbons (Fsp3) is 0.526. The first kappa shape index (κ1) is 18.5. The van der Waals surface area contributed by atoms with Gasteiger partial charge in [0.15, 0.2) is 0 Å². The maximum absolute atomic E-state index is 12.8. The molecular formula is C19H25N3O4. The van der Waals surface area contributed by atoms with Crippen LogP contribution in [-0.4, -0.2) is 58.4 Å². The van der Waals surface area contributed by atoms with Crippen molar-refractivity contribution in [3.8, 4) is 0 Å². The Morgan fingerprint density at radius 1 is 1.12 bits per heavy atom. The fourth-order valence-electron chi connectivity index (χ4n) is 3.97. The molecule has 3 rings (SSSR count). The topological polar surface area (TPSA) is 104 Å². The molecule has 0 aromatic heterocycles. The highest BCUT2D eigenvalue weighted by molar-refractivity contribution is 6.08. The number of nitrogens with zero attached hydrogens (tertiary/aromatic N) is 2. The van der Waals surface area contributed by atoms with Gasteiger partial charge in [-0.2, -0.15) is 0 Å². The number of hydrogen-bond acceptors (Lipinski definition) is 5. The standard InChI is InChI=1S/C19H25N3O4/c20-9-5-4-8-16(19(25)26)22-17(23)14-11-21(12-15(14)18(22)24)10-13-6-2-1-3-7-13/h1-3,6-7,14-16H,4-5,8-12,20H2,(H,25,26)/t14?,15?,16-/m0/s1. The van der Waals surface area contributed by atoms with E-state index in [1.807, 2.05) is 30.3 Å². The fourth-order valence-corrected chi connectivity index (χ4v) is 3.97. The summed E-state index contributed by atoms with van der Waals surface area (Å²) in [6.45, 7) is 2.15. The molecule has 26 heavy (non-hydrogen) atoms. The minimum atomic E-state index is -1.12. The van der Waals surface area contributed by atoms with Crippen LogP contribution >= 0.6 is 0 Å². The summed E-state index contributed by atoms with van der Waals surface area (Å²) in [5.41, 5.74) is 6.59. The van der Waals surface area contributed by atoms with E-state index in [9.17, 15) is 19.5 Å². The van der Waals surface area contributed by atoms with Gasteiger partial charge < -0.3 is 10.8 Å². The summed E-state index contributed by atoms with van der Waals surface area (Å²) >= 11 is 0. The molecule has 7 nitrogen and oxygen atoms in total. The number of carboxylic acid groups (broad SMARTS) is 1. The van der Waals surface area contributed by atoms with E-state index in [2.05, 4.69) is 4.90 Å². The minimum Gasteiger partial charge on any atom is -0.480 e. The zero-order valence-corrected chi connectivity index (χ0v) is 14.7. The Hall–Kier alpha value is -2.25. The van der Waals surface area contributed by atoms with Crippen molar-refractivity contribution < 1.29 is 19.5 Å². The van der Waals surface area contributed by atoms with Gasteiger partial charge in [-0.05, 0) is 31.4 Å². The number of hydrogen-bond donors (Lipinski definition) is 2. The molecule has 0 aliphatic carbocycles. The van der Waals surface area contributed by atoms with E-state index >= 15 is 0 Å². The Morgan fingerprint density at radius 3 is 2.27 bits per heavy atom.